The number of carbonyl (C=O) groups is 1. The maximum absolute atomic E-state index is 12.1. The van der Waals surface area contributed by atoms with Crippen LogP contribution in [0, 0.1) is 0 Å². The highest BCUT2D eigenvalue weighted by molar-refractivity contribution is 7.09. The highest BCUT2D eigenvalue weighted by atomic mass is 32.1. The summed E-state index contributed by atoms with van der Waals surface area (Å²) in [6.45, 7) is 5.38. The highest BCUT2D eigenvalue weighted by Crippen LogP contribution is 2.17. The minimum atomic E-state index is -0.00716. The molecule has 0 spiro atoms. The molecule has 0 bridgehead atoms. The Labute approximate surface area is 141 Å². The van der Waals surface area contributed by atoms with Gasteiger partial charge < -0.3 is 5.32 Å². The molecule has 2 aromatic rings. The fraction of sp³-hybridized carbons (Fsp3) is 0.444. The van der Waals surface area contributed by atoms with Gasteiger partial charge in [-0.2, -0.15) is 0 Å². The molecule has 1 aliphatic rings. The van der Waals surface area contributed by atoms with Gasteiger partial charge in [0.15, 0.2) is 0 Å². The largest absolute Gasteiger partial charge is 0.326 e. The van der Waals surface area contributed by atoms with Gasteiger partial charge in [-0.15, -0.1) is 11.3 Å². The first-order chi connectivity index (χ1) is 11.2. The van der Waals surface area contributed by atoms with Crippen LogP contribution >= 0.6 is 11.3 Å². The monoisotopic (exact) mass is 329 g/mol. The molecule has 1 amide bonds. The molecule has 1 aromatic carbocycles. The molecule has 1 aromatic heterocycles. The van der Waals surface area contributed by atoms with Crippen LogP contribution in [0.5, 0.6) is 0 Å². The Hall–Kier alpha value is -1.72. The van der Waals surface area contributed by atoms with Gasteiger partial charge in [0.25, 0.3) is 0 Å². The third-order valence-corrected chi connectivity index (χ3v) is 5.03. The molecule has 4 nitrogen and oxygen atoms in total. The van der Waals surface area contributed by atoms with Crippen molar-refractivity contribution in [3.8, 4) is 0 Å². The van der Waals surface area contributed by atoms with Crippen LogP contribution in [0.2, 0.25) is 0 Å². The van der Waals surface area contributed by atoms with Crippen molar-refractivity contribution in [2.24, 2.45) is 0 Å². The molecule has 0 radical (unpaired) electrons. The Balaban J connectivity index is 1.51. The fourth-order valence-electron chi connectivity index (χ4n) is 2.83. The topological polar surface area (TPSA) is 45.2 Å². The Morgan fingerprint density at radius 1 is 1.26 bits per heavy atom. The zero-order valence-electron chi connectivity index (χ0n) is 13.5. The Morgan fingerprint density at radius 2 is 2.00 bits per heavy atom. The van der Waals surface area contributed by atoms with Gasteiger partial charge in [0.05, 0.1) is 18.7 Å². The van der Waals surface area contributed by atoms with Crippen molar-refractivity contribution in [2.75, 3.05) is 18.4 Å². The molecule has 23 heavy (non-hydrogen) atoms. The number of carbonyl (C=O) groups excluding carboxylic acids is 1. The van der Waals surface area contributed by atoms with Gasteiger partial charge in [-0.3, -0.25) is 9.69 Å². The zero-order valence-corrected chi connectivity index (χ0v) is 14.4. The Morgan fingerprint density at radius 3 is 2.70 bits per heavy atom. The van der Waals surface area contributed by atoms with E-state index in [2.05, 4.69) is 22.1 Å². The Bertz CT molecular complexity index is 645. The van der Waals surface area contributed by atoms with E-state index in [1.54, 1.807) is 11.3 Å². The maximum atomic E-state index is 12.1. The van der Waals surface area contributed by atoms with E-state index in [1.165, 1.54) is 31.5 Å². The number of thiazole rings is 1. The van der Waals surface area contributed by atoms with Crippen LogP contribution in [0.25, 0.3) is 0 Å². The van der Waals surface area contributed by atoms with E-state index < -0.39 is 0 Å². The summed E-state index contributed by atoms with van der Waals surface area (Å²) in [5, 5.41) is 6.06. The number of nitrogens with zero attached hydrogens (tertiary/aromatic N) is 2. The van der Waals surface area contributed by atoms with E-state index in [-0.39, 0.29) is 5.91 Å². The van der Waals surface area contributed by atoms with Gasteiger partial charge in [-0.05, 0) is 50.0 Å². The Kier molecular flexibility index (Phi) is 5.41. The molecular weight excluding hydrogens is 306 g/mol. The van der Waals surface area contributed by atoms with Crippen LogP contribution in [-0.4, -0.2) is 28.9 Å². The summed E-state index contributed by atoms with van der Waals surface area (Å²) in [7, 11) is 0. The molecule has 1 fully saturated rings. The first-order valence-corrected chi connectivity index (χ1v) is 9.15. The van der Waals surface area contributed by atoms with E-state index in [0.29, 0.717) is 6.42 Å². The second-order valence-electron chi connectivity index (χ2n) is 5.99. The molecule has 1 saturated heterocycles. The molecular formula is C18H23N3OS. The lowest BCUT2D eigenvalue weighted by Crippen LogP contribution is -2.18. The predicted molar refractivity (Wildman–Crippen MR) is 94.8 cm³/mol. The van der Waals surface area contributed by atoms with Crippen molar-refractivity contribution < 1.29 is 4.79 Å². The third kappa shape index (κ3) is 4.62. The smallest absolute Gasteiger partial charge is 0.230 e. The average molecular weight is 329 g/mol. The number of anilines is 1. The SMILES string of the molecule is CCc1ccc(NC(=O)Cc2csc(CN3CCCC3)n2)cc1. The van der Waals surface area contributed by atoms with E-state index in [0.717, 1.165) is 29.4 Å². The van der Waals surface area contributed by atoms with Gasteiger partial charge in [0.1, 0.15) is 5.01 Å². The second-order valence-corrected chi connectivity index (χ2v) is 6.93. The number of amides is 1. The summed E-state index contributed by atoms with van der Waals surface area (Å²) in [5.41, 5.74) is 2.99. The quantitative estimate of drug-likeness (QED) is 0.882. The molecule has 5 heteroatoms. The van der Waals surface area contributed by atoms with E-state index >= 15 is 0 Å². The molecule has 2 heterocycles. The van der Waals surface area contributed by atoms with Crippen LogP contribution in [0.15, 0.2) is 29.6 Å². The molecule has 0 atom stereocenters. The second kappa shape index (κ2) is 7.70. The normalized spacial score (nSPS) is 15.0. The van der Waals surface area contributed by atoms with Crippen LogP contribution in [0.3, 0.4) is 0 Å². The van der Waals surface area contributed by atoms with Crippen molar-refractivity contribution in [2.45, 2.75) is 39.2 Å². The summed E-state index contributed by atoms with van der Waals surface area (Å²) in [6.07, 6.45) is 3.92. The lowest BCUT2D eigenvalue weighted by molar-refractivity contribution is -0.115. The lowest BCUT2D eigenvalue weighted by atomic mass is 10.1. The number of aromatic nitrogens is 1. The lowest BCUT2D eigenvalue weighted by Gasteiger charge is -2.11. The summed E-state index contributed by atoms with van der Waals surface area (Å²) >= 11 is 1.66. The fourth-order valence-corrected chi connectivity index (χ4v) is 3.66. The first kappa shape index (κ1) is 16.1. The standard InChI is InChI=1S/C18H23N3OS/c1-2-14-5-7-15(8-6-14)19-17(22)11-16-13-23-18(20-16)12-21-9-3-4-10-21/h5-8,13H,2-4,9-12H2,1H3,(H,19,22). The molecule has 1 N–H and O–H groups in total. The number of likely N-dealkylation sites (tertiary alicyclic amines) is 1. The molecule has 0 unspecified atom stereocenters. The van der Waals surface area contributed by atoms with Crippen LogP contribution in [0.4, 0.5) is 5.69 Å². The van der Waals surface area contributed by atoms with Crippen molar-refractivity contribution in [3.63, 3.8) is 0 Å². The van der Waals surface area contributed by atoms with Crippen LogP contribution < -0.4 is 5.32 Å². The van der Waals surface area contributed by atoms with Crippen LogP contribution in [-0.2, 0) is 24.2 Å². The molecule has 122 valence electrons. The van der Waals surface area contributed by atoms with Crippen molar-refractivity contribution in [3.05, 3.63) is 45.9 Å². The van der Waals surface area contributed by atoms with Gasteiger partial charge >= 0.3 is 0 Å². The number of rotatable bonds is 6. The first-order valence-electron chi connectivity index (χ1n) is 8.27. The van der Waals surface area contributed by atoms with Crippen LogP contribution in [0.1, 0.15) is 36.0 Å². The summed E-state index contributed by atoms with van der Waals surface area (Å²) < 4.78 is 0. The summed E-state index contributed by atoms with van der Waals surface area (Å²) in [6, 6.07) is 8.01. The zero-order chi connectivity index (χ0) is 16.1. The van der Waals surface area contributed by atoms with Gasteiger partial charge in [-0.25, -0.2) is 4.98 Å². The van der Waals surface area contributed by atoms with Crippen molar-refractivity contribution in [1.82, 2.24) is 9.88 Å². The maximum Gasteiger partial charge on any atom is 0.230 e. The number of nitrogens with one attached hydrogen (secondary N) is 1. The molecule has 0 aliphatic carbocycles. The van der Waals surface area contributed by atoms with E-state index in [9.17, 15) is 4.79 Å². The average Bonchev–Trinajstić information content (AvgIpc) is 3.21. The number of benzene rings is 1. The number of aryl methyl sites for hydroxylation is 1. The highest BCUT2D eigenvalue weighted by Gasteiger charge is 2.14. The minimum absolute atomic E-state index is 0.00716. The molecule has 3 rings (SSSR count). The predicted octanol–water partition coefficient (Wildman–Crippen LogP) is 3.48. The number of hydrogen-bond acceptors (Lipinski definition) is 4. The molecule has 1 aliphatic heterocycles. The van der Waals surface area contributed by atoms with Crippen molar-refractivity contribution in [1.29, 1.82) is 0 Å². The number of hydrogen-bond donors (Lipinski definition) is 1. The minimum Gasteiger partial charge on any atom is -0.326 e. The van der Waals surface area contributed by atoms with Gasteiger partial charge in [0, 0.05) is 11.1 Å². The van der Waals surface area contributed by atoms with E-state index in [4.69, 9.17) is 0 Å². The van der Waals surface area contributed by atoms with Gasteiger partial charge in [0.2, 0.25) is 5.91 Å². The third-order valence-electron chi connectivity index (χ3n) is 4.14. The summed E-state index contributed by atoms with van der Waals surface area (Å²) in [4.78, 5) is 19.2. The molecule has 0 saturated carbocycles. The van der Waals surface area contributed by atoms with E-state index in [1.807, 2.05) is 29.6 Å². The van der Waals surface area contributed by atoms with Gasteiger partial charge in [-0.1, -0.05) is 19.1 Å². The summed E-state index contributed by atoms with van der Waals surface area (Å²) in [5.74, 6) is -0.00716. The van der Waals surface area contributed by atoms with Crippen molar-refractivity contribution >= 4 is 22.9 Å².